The van der Waals surface area contributed by atoms with Crippen molar-refractivity contribution in [2.75, 3.05) is 6.54 Å². The van der Waals surface area contributed by atoms with Gasteiger partial charge < -0.3 is 20.3 Å². The second-order valence-corrected chi connectivity index (χ2v) is 13.5. The van der Waals surface area contributed by atoms with E-state index in [9.17, 15) is 32.8 Å². The minimum absolute atomic E-state index is 0.149. The molecule has 1 aromatic rings. The molecule has 3 heterocycles. The Morgan fingerprint density at radius 2 is 2.00 bits per heavy atom. The Hall–Kier alpha value is -3.68. The zero-order chi connectivity index (χ0) is 31.1. The first-order valence-electron chi connectivity index (χ1n) is 14.1. The highest BCUT2D eigenvalue weighted by Crippen LogP contribution is 3.00. The number of alkyl halides is 3. The highest BCUT2D eigenvalue weighted by Gasteiger charge is 3.02. The molecule has 1 aromatic heterocycles. The SMILES string of the molecule is C#Cc1csc2c1C(C(C#N)NC(=O)[C@H]1N(C(=O)[C@@H](NC(=O)C(F)(F)F)[C@@H](C)OC3CC3)CC34CC13C4(C)C)C=CN=C2. The molecule has 226 valence electrons. The number of fused-ring (bicyclic) bond motifs is 1. The maximum Gasteiger partial charge on any atom is 0.471 e. The van der Waals surface area contributed by atoms with Gasteiger partial charge in [-0.3, -0.25) is 19.4 Å². The van der Waals surface area contributed by atoms with Crippen LogP contribution in [0.5, 0.6) is 0 Å². The fraction of sp³-hybridized carbons (Fsp3) is 0.567. The van der Waals surface area contributed by atoms with Gasteiger partial charge in [-0.25, -0.2) is 0 Å². The number of piperidine rings is 2. The lowest BCUT2D eigenvalue weighted by Gasteiger charge is -2.41. The van der Waals surface area contributed by atoms with Crippen LogP contribution in [-0.2, 0) is 19.1 Å². The largest absolute Gasteiger partial charge is 0.471 e. The van der Waals surface area contributed by atoms with Crippen molar-refractivity contribution < 1.29 is 32.3 Å². The number of aliphatic imine (C=N–C) groups is 1. The van der Waals surface area contributed by atoms with Gasteiger partial charge in [-0.15, -0.1) is 17.8 Å². The van der Waals surface area contributed by atoms with E-state index >= 15 is 0 Å². The van der Waals surface area contributed by atoms with Crippen LogP contribution in [0.2, 0.25) is 0 Å². The average molecular weight is 614 g/mol. The van der Waals surface area contributed by atoms with Crippen molar-refractivity contribution >= 4 is 35.3 Å². The van der Waals surface area contributed by atoms with Crippen LogP contribution in [0.1, 0.15) is 62.0 Å². The predicted octanol–water partition coefficient (Wildman–Crippen LogP) is 3.01. The molecule has 0 spiro atoms. The summed E-state index contributed by atoms with van der Waals surface area (Å²) in [5.74, 6) is -1.67. The predicted molar refractivity (Wildman–Crippen MR) is 150 cm³/mol. The summed E-state index contributed by atoms with van der Waals surface area (Å²) >= 11 is 1.37. The van der Waals surface area contributed by atoms with Crippen LogP contribution < -0.4 is 10.6 Å². The number of amides is 3. The van der Waals surface area contributed by atoms with Gasteiger partial charge in [0.1, 0.15) is 18.1 Å². The highest BCUT2D eigenvalue weighted by molar-refractivity contribution is 7.12. The zero-order valence-electron chi connectivity index (χ0n) is 23.7. The number of thiophene rings is 1. The summed E-state index contributed by atoms with van der Waals surface area (Å²) in [5, 5.41) is 16.6. The molecule has 3 saturated carbocycles. The molecular formula is C30H30F3N5O4S. The van der Waals surface area contributed by atoms with Crippen molar-refractivity contribution in [2.24, 2.45) is 21.2 Å². The van der Waals surface area contributed by atoms with E-state index in [1.807, 2.05) is 19.2 Å². The van der Waals surface area contributed by atoms with E-state index in [1.54, 1.807) is 17.7 Å². The van der Waals surface area contributed by atoms with E-state index in [1.165, 1.54) is 29.4 Å². The van der Waals surface area contributed by atoms with E-state index in [-0.39, 0.29) is 23.5 Å². The molecule has 0 aromatic carbocycles. The molecule has 0 radical (unpaired) electrons. The number of nitrogens with one attached hydrogen (secondary N) is 2. The van der Waals surface area contributed by atoms with Gasteiger partial charge in [0.2, 0.25) is 11.8 Å². The first kappa shape index (κ1) is 29.4. The third-order valence-electron chi connectivity index (χ3n) is 10.2. The van der Waals surface area contributed by atoms with Crippen molar-refractivity contribution in [3.63, 3.8) is 0 Å². The summed E-state index contributed by atoms with van der Waals surface area (Å²) in [5.41, 5.74) is 0.00844. The summed E-state index contributed by atoms with van der Waals surface area (Å²) in [6.45, 7) is 5.60. The average Bonchev–Trinajstić information content (AvgIpc) is 3.89. The Kier molecular flexibility index (Phi) is 6.61. The molecular weight excluding hydrogens is 583 g/mol. The molecule has 43 heavy (non-hydrogen) atoms. The quantitative estimate of drug-likeness (QED) is 0.437. The maximum absolute atomic E-state index is 14.1. The van der Waals surface area contributed by atoms with E-state index in [0.29, 0.717) is 30.4 Å². The Labute approximate surface area is 250 Å². The molecule has 1 saturated heterocycles. The van der Waals surface area contributed by atoms with Gasteiger partial charge in [0, 0.05) is 46.7 Å². The molecule has 7 atom stereocenters. The van der Waals surface area contributed by atoms with Crippen molar-refractivity contribution in [3.8, 4) is 18.4 Å². The molecule has 2 aliphatic heterocycles. The number of rotatable bonds is 8. The molecule has 13 heteroatoms. The number of terminal acetylenes is 1. The Morgan fingerprint density at radius 3 is 2.60 bits per heavy atom. The maximum atomic E-state index is 14.1. The van der Waals surface area contributed by atoms with Crippen molar-refractivity contribution in [1.29, 1.82) is 5.26 Å². The van der Waals surface area contributed by atoms with Gasteiger partial charge in [-0.2, -0.15) is 18.4 Å². The van der Waals surface area contributed by atoms with Crippen LogP contribution in [0.4, 0.5) is 13.2 Å². The fourth-order valence-corrected chi connectivity index (χ4v) is 8.58. The lowest BCUT2D eigenvalue weighted by molar-refractivity contribution is -0.177. The zero-order valence-corrected chi connectivity index (χ0v) is 24.5. The van der Waals surface area contributed by atoms with Crippen LogP contribution in [0, 0.1) is 39.9 Å². The van der Waals surface area contributed by atoms with Gasteiger partial charge in [-0.05, 0) is 37.2 Å². The molecule has 3 aliphatic carbocycles. The summed E-state index contributed by atoms with van der Waals surface area (Å²) in [7, 11) is 0. The topological polar surface area (TPSA) is 124 Å². The Morgan fingerprint density at radius 1 is 1.28 bits per heavy atom. The van der Waals surface area contributed by atoms with Crippen molar-refractivity contribution in [3.05, 3.63) is 33.7 Å². The number of carbonyl (C=O) groups is 3. The number of likely N-dealkylation sites (tertiary alicyclic amines) is 1. The lowest BCUT2D eigenvalue weighted by atomic mass is 9.80. The molecule has 0 bridgehead atoms. The Balaban J connectivity index is 1.29. The lowest BCUT2D eigenvalue weighted by Crippen LogP contribution is -2.63. The number of hydrogen-bond acceptors (Lipinski definition) is 7. The number of ether oxygens (including phenoxy) is 1. The van der Waals surface area contributed by atoms with Crippen molar-refractivity contribution in [1.82, 2.24) is 15.5 Å². The van der Waals surface area contributed by atoms with Crippen LogP contribution in [-0.4, -0.2) is 71.9 Å². The fourth-order valence-electron chi connectivity index (χ4n) is 7.64. The van der Waals surface area contributed by atoms with Crippen LogP contribution >= 0.6 is 11.3 Å². The third-order valence-corrected chi connectivity index (χ3v) is 11.2. The molecule has 3 amide bonds. The number of nitriles is 1. The number of carbonyl (C=O) groups excluding carboxylic acids is 3. The minimum Gasteiger partial charge on any atom is -0.373 e. The Bertz CT molecular complexity index is 1550. The van der Waals surface area contributed by atoms with Gasteiger partial charge in [-0.1, -0.05) is 25.8 Å². The van der Waals surface area contributed by atoms with Crippen LogP contribution in [0.15, 0.2) is 22.6 Å². The number of nitrogens with zero attached hydrogens (tertiary/aromatic N) is 3. The minimum atomic E-state index is -5.21. The number of hydrogen-bond donors (Lipinski definition) is 2. The first-order valence-corrected chi connectivity index (χ1v) is 14.9. The second-order valence-electron chi connectivity index (χ2n) is 12.5. The molecule has 9 nitrogen and oxygen atoms in total. The van der Waals surface area contributed by atoms with Crippen LogP contribution in [0.3, 0.4) is 0 Å². The van der Waals surface area contributed by atoms with Gasteiger partial charge in [0.15, 0.2) is 0 Å². The molecule has 4 unspecified atom stereocenters. The normalized spacial score (nSPS) is 31.2. The van der Waals surface area contributed by atoms with E-state index in [2.05, 4.69) is 22.3 Å². The van der Waals surface area contributed by atoms with Gasteiger partial charge >= 0.3 is 12.1 Å². The van der Waals surface area contributed by atoms with Crippen molar-refractivity contribution in [2.45, 2.75) is 82.5 Å². The third kappa shape index (κ3) is 4.23. The van der Waals surface area contributed by atoms with E-state index in [0.717, 1.165) is 4.88 Å². The smallest absolute Gasteiger partial charge is 0.373 e. The summed E-state index contributed by atoms with van der Waals surface area (Å²) in [6.07, 6.45) is 6.17. The monoisotopic (exact) mass is 613 g/mol. The van der Waals surface area contributed by atoms with Gasteiger partial charge in [0.25, 0.3) is 0 Å². The summed E-state index contributed by atoms with van der Waals surface area (Å²) in [6, 6.07) is -1.62. The van der Waals surface area contributed by atoms with Gasteiger partial charge in [0.05, 0.1) is 23.2 Å². The van der Waals surface area contributed by atoms with Crippen LogP contribution in [0.25, 0.3) is 0 Å². The molecule has 5 aliphatic rings. The van der Waals surface area contributed by atoms with E-state index < -0.39 is 59.5 Å². The first-order chi connectivity index (χ1) is 20.2. The highest BCUT2D eigenvalue weighted by atomic mass is 32.1. The molecule has 2 N–H and O–H groups in total. The standard InChI is InChI=1S/C30H30F3N5O4S/c1-5-16-12-43-20-11-35-9-8-18(21(16)20)19(10-34)36-24(39)23-29-13-28(29,27(29,3)4)14-38(23)25(40)22(15(2)42-17-6-7-17)37-26(41)30(31,32)33/h1,8-9,11-12,15,17-19,22-23H,6-7,13-14H2,2-4H3,(H,36,39)(H,37,41)/t15-,18?,19?,22+,23-,28?,29?/m1/s1. The second kappa shape index (κ2) is 9.66. The number of halogens is 3. The molecule has 4 fully saturated rings. The molecule has 6 rings (SSSR count). The summed E-state index contributed by atoms with van der Waals surface area (Å²) in [4.78, 5) is 46.3. The van der Waals surface area contributed by atoms with E-state index in [4.69, 9.17) is 11.2 Å². The summed E-state index contributed by atoms with van der Waals surface area (Å²) < 4.78 is 45.5.